The molecule has 1 aliphatic carbocycles. The standard InChI is InChI=1S/C15H13F2N/c1-9-6-11(9)12-7-10(16)8-13(17)15(12)14-4-2-3-5-18-14/h2-5,7-9,11H,6H2,1H3. The lowest BCUT2D eigenvalue weighted by Crippen LogP contribution is -1.96. The van der Waals surface area contributed by atoms with Crippen LogP contribution in [0.5, 0.6) is 0 Å². The molecule has 0 radical (unpaired) electrons. The van der Waals surface area contributed by atoms with Crippen molar-refractivity contribution in [2.24, 2.45) is 5.92 Å². The molecule has 0 amide bonds. The zero-order valence-electron chi connectivity index (χ0n) is 10.0. The third-order valence-corrected chi connectivity index (χ3v) is 3.52. The van der Waals surface area contributed by atoms with Gasteiger partial charge in [0.1, 0.15) is 11.6 Å². The Hall–Kier alpha value is -1.77. The van der Waals surface area contributed by atoms with Crippen LogP contribution in [-0.2, 0) is 0 Å². The second kappa shape index (κ2) is 4.16. The van der Waals surface area contributed by atoms with Gasteiger partial charge < -0.3 is 0 Å². The van der Waals surface area contributed by atoms with Crippen molar-refractivity contribution in [3.63, 3.8) is 0 Å². The summed E-state index contributed by atoms with van der Waals surface area (Å²) in [6.07, 6.45) is 2.61. The van der Waals surface area contributed by atoms with Gasteiger partial charge >= 0.3 is 0 Å². The molecule has 1 nitrogen and oxygen atoms in total. The SMILES string of the molecule is CC1CC1c1cc(F)cc(F)c1-c1ccccn1. The van der Waals surface area contributed by atoms with E-state index in [1.165, 1.54) is 6.07 Å². The molecule has 0 saturated heterocycles. The Bertz CT molecular complexity index is 581. The molecule has 2 unspecified atom stereocenters. The molecule has 92 valence electrons. The first-order valence-corrected chi connectivity index (χ1v) is 6.07. The highest BCUT2D eigenvalue weighted by Gasteiger charge is 2.37. The molecule has 3 rings (SSSR count). The molecule has 3 heteroatoms. The minimum absolute atomic E-state index is 0.257. The van der Waals surface area contributed by atoms with E-state index in [1.54, 1.807) is 18.3 Å². The Kier molecular flexibility index (Phi) is 2.62. The molecule has 1 aromatic carbocycles. The van der Waals surface area contributed by atoms with Gasteiger partial charge in [-0.05, 0) is 42.0 Å². The summed E-state index contributed by atoms with van der Waals surface area (Å²) in [5.74, 6) is -0.287. The van der Waals surface area contributed by atoms with Gasteiger partial charge in [0.05, 0.1) is 5.69 Å². The number of rotatable bonds is 2. The predicted molar refractivity (Wildman–Crippen MR) is 66.1 cm³/mol. The number of halogens is 2. The van der Waals surface area contributed by atoms with Crippen molar-refractivity contribution in [3.05, 3.63) is 53.7 Å². The lowest BCUT2D eigenvalue weighted by atomic mass is 9.98. The lowest BCUT2D eigenvalue weighted by Gasteiger charge is -2.10. The molecule has 1 aliphatic rings. The average molecular weight is 245 g/mol. The fourth-order valence-corrected chi connectivity index (χ4v) is 2.42. The van der Waals surface area contributed by atoms with Crippen molar-refractivity contribution in [1.29, 1.82) is 0 Å². The first kappa shape index (κ1) is 11.3. The Labute approximate surface area is 104 Å². The van der Waals surface area contributed by atoms with Gasteiger partial charge in [-0.15, -0.1) is 0 Å². The zero-order valence-corrected chi connectivity index (χ0v) is 10.0. The number of pyridine rings is 1. The summed E-state index contributed by atoms with van der Waals surface area (Å²) >= 11 is 0. The van der Waals surface area contributed by atoms with E-state index in [1.807, 2.05) is 6.07 Å². The molecule has 2 aromatic rings. The van der Waals surface area contributed by atoms with E-state index in [9.17, 15) is 8.78 Å². The maximum Gasteiger partial charge on any atom is 0.135 e. The summed E-state index contributed by atoms with van der Waals surface area (Å²) in [5.41, 5.74) is 1.77. The number of hydrogen-bond acceptors (Lipinski definition) is 1. The highest BCUT2D eigenvalue weighted by molar-refractivity contribution is 5.66. The van der Waals surface area contributed by atoms with Crippen LogP contribution in [-0.4, -0.2) is 4.98 Å². The topological polar surface area (TPSA) is 12.9 Å². The van der Waals surface area contributed by atoms with Crippen LogP contribution in [0.2, 0.25) is 0 Å². The Balaban J connectivity index is 2.18. The van der Waals surface area contributed by atoms with Gasteiger partial charge in [-0.2, -0.15) is 0 Å². The van der Waals surface area contributed by atoms with Crippen molar-refractivity contribution in [1.82, 2.24) is 4.98 Å². The summed E-state index contributed by atoms with van der Waals surface area (Å²) in [6.45, 7) is 2.09. The average Bonchev–Trinajstić information content (AvgIpc) is 3.06. The van der Waals surface area contributed by atoms with E-state index in [2.05, 4.69) is 11.9 Å². The third kappa shape index (κ3) is 1.90. The second-order valence-electron chi connectivity index (χ2n) is 4.89. The number of nitrogens with zero attached hydrogens (tertiary/aromatic N) is 1. The summed E-state index contributed by atoms with van der Waals surface area (Å²) in [7, 11) is 0. The summed E-state index contributed by atoms with van der Waals surface area (Å²) in [4.78, 5) is 4.17. The number of benzene rings is 1. The van der Waals surface area contributed by atoms with Crippen LogP contribution < -0.4 is 0 Å². The monoisotopic (exact) mass is 245 g/mol. The quantitative estimate of drug-likeness (QED) is 0.774. The summed E-state index contributed by atoms with van der Waals surface area (Å²) in [5, 5.41) is 0. The van der Waals surface area contributed by atoms with Crippen LogP contribution in [0.3, 0.4) is 0 Å². The summed E-state index contributed by atoms with van der Waals surface area (Å²) in [6, 6.07) is 7.73. The fraction of sp³-hybridized carbons (Fsp3) is 0.267. The first-order chi connectivity index (χ1) is 8.66. The van der Waals surface area contributed by atoms with E-state index >= 15 is 0 Å². The van der Waals surface area contributed by atoms with Crippen molar-refractivity contribution in [2.45, 2.75) is 19.3 Å². The van der Waals surface area contributed by atoms with Crippen molar-refractivity contribution < 1.29 is 8.78 Å². The van der Waals surface area contributed by atoms with Gasteiger partial charge in [-0.3, -0.25) is 4.98 Å². The van der Waals surface area contributed by atoms with Crippen molar-refractivity contribution >= 4 is 0 Å². The van der Waals surface area contributed by atoms with Gasteiger partial charge in [-0.25, -0.2) is 8.78 Å². The van der Waals surface area contributed by atoms with Crippen LogP contribution in [0.1, 0.15) is 24.8 Å². The maximum atomic E-state index is 14.0. The maximum absolute atomic E-state index is 14.0. The molecule has 1 aromatic heterocycles. The van der Waals surface area contributed by atoms with E-state index < -0.39 is 11.6 Å². The van der Waals surface area contributed by atoms with Crippen molar-refractivity contribution in [2.75, 3.05) is 0 Å². The fourth-order valence-electron chi connectivity index (χ4n) is 2.42. The van der Waals surface area contributed by atoms with Crippen LogP contribution in [0.4, 0.5) is 8.78 Å². The third-order valence-electron chi connectivity index (χ3n) is 3.52. The van der Waals surface area contributed by atoms with E-state index in [-0.39, 0.29) is 5.92 Å². The molecule has 2 atom stereocenters. The van der Waals surface area contributed by atoms with Gasteiger partial charge in [-0.1, -0.05) is 13.0 Å². The second-order valence-corrected chi connectivity index (χ2v) is 4.89. The predicted octanol–water partition coefficient (Wildman–Crippen LogP) is 4.15. The highest BCUT2D eigenvalue weighted by atomic mass is 19.1. The van der Waals surface area contributed by atoms with E-state index in [0.717, 1.165) is 18.1 Å². The Morgan fingerprint density at radius 2 is 2.00 bits per heavy atom. The normalized spacial score (nSPS) is 21.9. The van der Waals surface area contributed by atoms with Crippen LogP contribution in [0.25, 0.3) is 11.3 Å². The van der Waals surface area contributed by atoms with Crippen LogP contribution in [0.15, 0.2) is 36.5 Å². The summed E-state index contributed by atoms with van der Waals surface area (Å²) < 4.78 is 27.4. The molecular formula is C15H13F2N. The van der Waals surface area contributed by atoms with E-state index in [0.29, 0.717) is 17.2 Å². The molecular weight excluding hydrogens is 232 g/mol. The number of hydrogen-bond donors (Lipinski definition) is 0. The molecule has 1 saturated carbocycles. The van der Waals surface area contributed by atoms with Gasteiger partial charge in [0.2, 0.25) is 0 Å². The largest absolute Gasteiger partial charge is 0.256 e. The molecule has 18 heavy (non-hydrogen) atoms. The van der Waals surface area contributed by atoms with Gasteiger partial charge in [0.15, 0.2) is 0 Å². The first-order valence-electron chi connectivity index (χ1n) is 6.07. The highest BCUT2D eigenvalue weighted by Crippen LogP contribution is 2.50. The Morgan fingerprint density at radius 3 is 2.61 bits per heavy atom. The van der Waals surface area contributed by atoms with Gasteiger partial charge in [0, 0.05) is 17.8 Å². The number of aromatic nitrogens is 1. The molecule has 0 N–H and O–H groups in total. The zero-order chi connectivity index (χ0) is 12.7. The van der Waals surface area contributed by atoms with Crippen LogP contribution >= 0.6 is 0 Å². The van der Waals surface area contributed by atoms with Gasteiger partial charge in [0.25, 0.3) is 0 Å². The lowest BCUT2D eigenvalue weighted by molar-refractivity contribution is 0.581. The molecule has 0 spiro atoms. The molecule has 0 aliphatic heterocycles. The molecule has 0 bridgehead atoms. The Morgan fingerprint density at radius 1 is 1.22 bits per heavy atom. The molecule has 1 heterocycles. The smallest absolute Gasteiger partial charge is 0.135 e. The van der Waals surface area contributed by atoms with E-state index in [4.69, 9.17) is 0 Å². The minimum atomic E-state index is -0.525. The van der Waals surface area contributed by atoms with Crippen molar-refractivity contribution in [3.8, 4) is 11.3 Å². The molecule has 1 fully saturated rings. The minimum Gasteiger partial charge on any atom is -0.256 e. The van der Waals surface area contributed by atoms with Crippen LogP contribution in [0, 0.1) is 17.6 Å².